The zero-order chi connectivity index (χ0) is 10.8. The van der Waals surface area contributed by atoms with Crippen LogP contribution in [0, 0.1) is 0 Å². The number of hydrogen-bond acceptors (Lipinski definition) is 3. The molecule has 1 aliphatic carbocycles. The molecule has 2 N–H and O–H groups in total. The third kappa shape index (κ3) is 1.83. The summed E-state index contributed by atoms with van der Waals surface area (Å²) in [5.74, 6) is 0.680. The van der Waals surface area contributed by atoms with Gasteiger partial charge in [-0.1, -0.05) is 17.7 Å². The number of benzene rings is 1. The van der Waals surface area contributed by atoms with E-state index in [4.69, 9.17) is 21.5 Å². The van der Waals surface area contributed by atoms with E-state index in [0.29, 0.717) is 17.3 Å². The molecule has 0 bridgehead atoms. The molecule has 0 amide bonds. The first kappa shape index (κ1) is 10.7. The Labute approximate surface area is 94.0 Å². The standard InChI is InChI=1S/C11H14ClNO2/c1-15-11-8(6-13-14)5-7-3-2-4-9(7)10(11)12/h5,13-14H,2-4,6H2,1H3. The smallest absolute Gasteiger partial charge is 0.142 e. The average Bonchev–Trinajstić information content (AvgIpc) is 2.67. The van der Waals surface area contributed by atoms with Gasteiger partial charge in [-0.3, -0.25) is 0 Å². The van der Waals surface area contributed by atoms with Crippen molar-refractivity contribution in [1.29, 1.82) is 0 Å². The summed E-state index contributed by atoms with van der Waals surface area (Å²) in [6.45, 7) is 0.357. The van der Waals surface area contributed by atoms with E-state index in [1.165, 1.54) is 11.1 Å². The van der Waals surface area contributed by atoms with Gasteiger partial charge in [0.05, 0.1) is 12.1 Å². The Morgan fingerprint density at radius 1 is 1.53 bits per heavy atom. The van der Waals surface area contributed by atoms with E-state index in [-0.39, 0.29) is 0 Å². The minimum absolute atomic E-state index is 0.357. The molecule has 3 nitrogen and oxygen atoms in total. The minimum atomic E-state index is 0.357. The van der Waals surface area contributed by atoms with Crippen molar-refractivity contribution >= 4 is 11.6 Å². The van der Waals surface area contributed by atoms with Crippen molar-refractivity contribution in [1.82, 2.24) is 5.48 Å². The molecule has 2 rings (SSSR count). The molecule has 0 aliphatic heterocycles. The molecular formula is C11H14ClNO2. The minimum Gasteiger partial charge on any atom is -0.495 e. The van der Waals surface area contributed by atoms with E-state index < -0.39 is 0 Å². The van der Waals surface area contributed by atoms with Crippen molar-refractivity contribution in [2.45, 2.75) is 25.8 Å². The number of methoxy groups -OCH3 is 1. The van der Waals surface area contributed by atoms with Crippen LogP contribution in [0.2, 0.25) is 5.02 Å². The molecule has 1 aliphatic rings. The van der Waals surface area contributed by atoms with Crippen molar-refractivity contribution in [3.8, 4) is 5.75 Å². The fraction of sp³-hybridized carbons (Fsp3) is 0.455. The first-order valence-electron chi connectivity index (χ1n) is 5.02. The van der Waals surface area contributed by atoms with Gasteiger partial charge in [-0.15, -0.1) is 0 Å². The number of halogens is 1. The number of nitrogens with one attached hydrogen (secondary N) is 1. The summed E-state index contributed by atoms with van der Waals surface area (Å²) < 4.78 is 5.27. The molecule has 1 aromatic rings. The van der Waals surface area contributed by atoms with E-state index in [2.05, 4.69) is 11.5 Å². The van der Waals surface area contributed by atoms with Crippen LogP contribution in [0.3, 0.4) is 0 Å². The van der Waals surface area contributed by atoms with Gasteiger partial charge in [0.15, 0.2) is 0 Å². The Balaban J connectivity index is 2.51. The van der Waals surface area contributed by atoms with Gasteiger partial charge in [0.2, 0.25) is 0 Å². The van der Waals surface area contributed by atoms with Gasteiger partial charge in [-0.2, -0.15) is 0 Å². The van der Waals surface area contributed by atoms with Crippen LogP contribution in [0.5, 0.6) is 5.75 Å². The van der Waals surface area contributed by atoms with Crippen LogP contribution in [-0.4, -0.2) is 12.3 Å². The lowest BCUT2D eigenvalue weighted by Gasteiger charge is -2.13. The molecule has 15 heavy (non-hydrogen) atoms. The summed E-state index contributed by atoms with van der Waals surface area (Å²) in [5.41, 5.74) is 5.53. The summed E-state index contributed by atoms with van der Waals surface area (Å²) in [6, 6.07) is 2.07. The first-order valence-corrected chi connectivity index (χ1v) is 5.39. The lowest BCUT2D eigenvalue weighted by Crippen LogP contribution is -2.08. The van der Waals surface area contributed by atoms with Gasteiger partial charge in [-0.05, 0) is 30.4 Å². The molecule has 0 saturated carbocycles. The maximum Gasteiger partial charge on any atom is 0.142 e. The van der Waals surface area contributed by atoms with Crippen LogP contribution in [0.25, 0.3) is 0 Å². The molecule has 0 aromatic heterocycles. The maximum absolute atomic E-state index is 8.73. The normalized spacial score (nSPS) is 14.1. The van der Waals surface area contributed by atoms with Crippen LogP contribution in [-0.2, 0) is 19.4 Å². The van der Waals surface area contributed by atoms with Crippen molar-refractivity contribution in [2.75, 3.05) is 7.11 Å². The number of aryl methyl sites for hydroxylation is 1. The first-order chi connectivity index (χ1) is 7.27. The summed E-state index contributed by atoms with van der Waals surface area (Å²) in [5, 5.41) is 9.44. The SMILES string of the molecule is COc1c(CNO)cc2c(c1Cl)CCC2. The van der Waals surface area contributed by atoms with E-state index in [1.54, 1.807) is 7.11 Å². The van der Waals surface area contributed by atoms with Crippen molar-refractivity contribution < 1.29 is 9.94 Å². The number of ether oxygens (including phenoxy) is 1. The lowest BCUT2D eigenvalue weighted by molar-refractivity contribution is 0.160. The predicted molar refractivity (Wildman–Crippen MR) is 58.7 cm³/mol. The molecule has 0 unspecified atom stereocenters. The number of rotatable bonds is 3. The van der Waals surface area contributed by atoms with Gasteiger partial charge in [0.25, 0.3) is 0 Å². The highest BCUT2D eigenvalue weighted by Gasteiger charge is 2.20. The van der Waals surface area contributed by atoms with Gasteiger partial charge in [0.1, 0.15) is 5.75 Å². The van der Waals surface area contributed by atoms with Gasteiger partial charge in [0, 0.05) is 12.1 Å². The summed E-state index contributed by atoms with van der Waals surface area (Å²) in [4.78, 5) is 0. The highest BCUT2D eigenvalue weighted by molar-refractivity contribution is 6.33. The molecule has 0 heterocycles. The molecular weight excluding hydrogens is 214 g/mol. The Bertz CT molecular complexity index is 379. The molecule has 4 heteroatoms. The van der Waals surface area contributed by atoms with E-state index in [9.17, 15) is 0 Å². The largest absolute Gasteiger partial charge is 0.495 e. The maximum atomic E-state index is 8.73. The Kier molecular flexibility index (Phi) is 3.14. The molecule has 1 aromatic carbocycles. The third-order valence-electron chi connectivity index (χ3n) is 2.84. The third-order valence-corrected chi connectivity index (χ3v) is 3.24. The Morgan fingerprint density at radius 3 is 3.00 bits per heavy atom. The molecule has 0 saturated heterocycles. The highest BCUT2D eigenvalue weighted by atomic mass is 35.5. The highest BCUT2D eigenvalue weighted by Crippen LogP contribution is 2.38. The Morgan fingerprint density at radius 2 is 2.33 bits per heavy atom. The van der Waals surface area contributed by atoms with Crippen LogP contribution in [0.1, 0.15) is 23.1 Å². The van der Waals surface area contributed by atoms with Gasteiger partial charge < -0.3 is 9.94 Å². The molecule has 82 valence electrons. The van der Waals surface area contributed by atoms with Gasteiger partial charge >= 0.3 is 0 Å². The summed E-state index contributed by atoms with van der Waals surface area (Å²) in [6.07, 6.45) is 3.24. The zero-order valence-electron chi connectivity index (χ0n) is 8.64. The van der Waals surface area contributed by atoms with Crippen molar-refractivity contribution in [2.24, 2.45) is 0 Å². The van der Waals surface area contributed by atoms with E-state index >= 15 is 0 Å². The second-order valence-electron chi connectivity index (χ2n) is 3.71. The van der Waals surface area contributed by atoms with Crippen LogP contribution in [0.15, 0.2) is 6.07 Å². The predicted octanol–water partition coefficient (Wildman–Crippen LogP) is 2.32. The fourth-order valence-corrected chi connectivity index (χ4v) is 2.58. The second-order valence-corrected chi connectivity index (χ2v) is 4.09. The summed E-state index contributed by atoms with van der Waals surface area (Å²) in [7, 11) is 1.60. The lowest BCUT2D eigenvalue weighted by atomic mass is 10.0. The number of fused-ring (bicyclic) bond motifs is 1. The molecule has 0 atom stereocenters. The average molecular weight is 228 g/mol. The quantitative estimate of drug-likeness (QED) is 0.779. The van der Waals surface area contributed by atoms with E-state index in [0.717, 1.165) is 24.8 Å². The van der Waals surface area contributed by atoms with Crippen LogP contribution < -0.4 is 10.2 Å². The van der Waals surface area contributed by atoms with E-state index in [1.807, 2.05) is 0 Å². The Hall–Kier alpha value is -0.770. The number of hydroxylamine groups is 1. The fourth-order valence-electron chi connectivity index (χ4n) is 2.17. The molecule has 0 fully saturated rings. The zero-order valence-corrected chi connectivity index (χ0v) is 9.40. The van der Waals surface area contributed by atoms with Crippen molar-refractivity contribution in [3.63, 3.8) is 0 Å². The summed E-state index contributed by atoms with van der Waals surface area (Å²) >= 11 is 6.26. The van der Waals surface area contributed by atoms with Gasteiger partial charge in [-0.25, -0.2) is 5.48 Å². The topological polar surface area (TPSA) is 41.5 Å². The number of hydrogen-bond donors (Lipinski definition) is 2. The monoisotopic (exact) mass is 227 g/mol. The van der Waals surface area contributed by atoms with Crippen molar-refractivity contribution in [3.05, 3.63) is 27.8 Å². The van der Waals surface area contributed by atoms with Crippen LogP contribution >= 0.6 is 11.6 Å². The second kappa shape index (κ2) is 4.39. The molecule has 0 radical (unpaired) electrons. The molecule has 0 spiro atoms. The van der Waals surface area contributed by atoms with Crippen LogP contribution in [0.4, 0.5) is 0 Å².